The van der Waals surface area contributed by atoms with Crippen molar-refractivity contribution in [3.63, 3.8) is 0 Å². The number of nitrogens with zero attached hydrogens (tertiary/aromatic N) is 1. The van der Waals surface area contributed by atoms with E-state index in [0.717, 1.165) is 0 Å². The van der Waals surface area contributed by atoms with Gasteiger partial charge in [-0.1, -0.05) is 0 Å². The number of rotatable bonds is 4. The highest BCUT2D eigenvalue weighted by molar-refractivity contribution is 5.67. The maximum absolute atomic E-state index is 11.9. The molecule has 4 heterocycles. The lowest BCUT2D eigenvalue weighted by molar-refractivity contribution is -0.304. The SMILES string of the molecule is CC(=O)OC[C@H]1O[C@@H]2ON3C[C@H]4OC(C)(C)O[C@H]4[C@H]3[C@@H]2[C@@H](OC(C)=O)[C@H]1OC(C)=O. The van der Waals surface area contributed by atoms with Gasteiger partial charge in [0, 0.05) is 20.8 Å². The zero-order valence-electron chi connectivity index (χ0n) is 17.6. The van der Waals surface area contributed by atoms with Gasteiger partial charge in [-0.15, -0.1) is 0 Å². The first-order chi connectivity index (χ1) is 14.1. The molecular formula is C19H27NO10. The molecule has 0 amide bonds. The molecule has 0 saturated carbocycles. The fourth-order valence-corrected chi connectivity index (χ4v) is 4.80. The Labute approximate surface area is 173 Å². The van der Waals surface area contributed by atoms with Gasteiger partial charge in [0.1, 0.15) is 24.9 Å². The highest BCUT2D eigenvalue weighted by Gasteiger charge is 2.66. The van der Waals surface area contributed by atoms with E-state index in [1.165, 1.54) is 20.8 Å². The molecule has 11 nitrogen and oxygen atoms in total. The molecule has 0 radical (unpaired) electrons. The maximum atomic E-state index is 11.9. The van der Waals surface area contributed by atoms with Crippen molar-refractivity contribution in [3.05, 3.63) is 0 Å². The first-order valence-electron chi connectivity index (χ1n) is 9.98. The number of carbonyl (C=O) groups is 3. The second-order valence-corrected chi connectivity index (χ2v) is 8.41. The van der Waals surface area contributed by atoms with Gasteiger partial charge in [-0.2, -0.15) is 5.06 Å². The predicted octanol–water partition coefficient (Wildman–Crippen LogP) is -0.0965. The van der Waals surface area contributed by atoms with Gasteiger partial charge >= 0.3 is 17.9 Å². The standard InChI is InChI=1S/C19H27NO10/c1-8(21)24-7-12-16(25-9(2)22)17(26-10(3)23)13-14-15-11(28-19(4,5)29-15)6-20(14)30-18(13)27-12/h11-18H,6-7H2,1-5H3/t11-,12-,13-,14-,15-,16+,17-,18-/m1/s1. The van der Waals surface area contributed by atoms with E-state index in [2.05, 4.69) is 0 Å². The number of fused-ring (bicyclic) bond motifs is 5. The average Bonchev–Trinajstić information content (AvgIpc) is 3.19. The van der Waals surface area contributed by atoms with Crippen molar-refractivity contribution in [2.75, 3.05) is 13.2 Å². The van der Waals surface area contributed by atoms with Gasteiger partial charge in [0.25, 0.3) is 0 Å². The molecule has 11 heteroatoms. The third kappa shape index (κ3) is 3.92. The molecule has 4 saturated heterocycles. The van der Waals surface area contributed by atoms with Crippen LogP contribution in [0.1, 0.15) is 34.6 Å². The van der Waals surface area contributed by atoms with Crippen LogP contribution in [0.2, 0.25) is 0 Å². The van der Waals surface area contributed by atoms with Crippen LogP contribution in [0.5, 0.6) is 0 Å². The van der Waals surface area contributed by atoms with Crippen LogP contribution in [0.25, 0.3) is 0 Å². The van der Waals surface area contributed by atoms with Gasteiger partial charge in [0.05, 0.1) is 18.5 Å². The average molecular weight is 429 g/mol. The Morgan fingerprint density at radius 1 is 1.00 bits per heavy atom. The van der Waals surface area contributed by atoms with Crippen LogP contribution in [0.15, 0.2) is 0 Å². The molecule has 0 aromatic rings. The lowest BCUT2D eigenvalue weighted by Gasteiger charge is -2.43. The van der Waals surface area contributed by atoms with Crippen LogP contribution in [0.4, 0.5) is 0 Å². The van der Waals surface area contributed by atoms with Crippen molar-refractivity contribution in [1.29, 1.82) is 0 Å². The summed E-state index contributed by atoms with van der Waals surface area (Å²) in [4.78, 5) is 41.0. The highest BCUT2D eigenvalue weighted by Crippen LogP contribution is 2.48. The van der Waals surface area contributed by atoms with E-state index >= 15 is 0 Å². The number of carbonyl (C=O) groups excluding carboxylic acids is 3. The zero-order chi connectivity index (χ0) is 21.8. The molecule has 0 N–H and O–H groups in total. The van der Waals surface area contributed by atoms with Crippen LogP contribution in [-0.4, -0.2) is 84.8 Å². The monoisotopic (exact) mass is 429 g/mol. The predicted molar refractivity (Wildman–Crippen MR) is 95.3 cm³/mol. The zero-order valence-corrected chi connectivity index (χ0v) is 17.6. The fraction of sp³-hybridized carbons (Fsp3) is 0.842. The molecular weight excluding hydrogens is 402 g/mol. The molecule has 0 aliphatic carbocycles. The van der Waals surface area contributed by atoms with Crippen molar-refractivity contribution >= 4 is 17.9 Å². The lowest BCUT2D eigenvalue weighted by Crippen LogP contribution is -2.60. The molecule has 8 atom stereocenters. The van der Waals surface area contributed by atoms with Gasteiger partial charge in [0.2, 0.25) is 0 Å². The van der Waals surface area contributed by atoms with E-state index in [1.54, 1.807) is 5.06 Å². The Morgan fingerprint density at radius 3 is 2.30 bits per heavy atom. The largest absolute Gasteiger partial charge is 0.463 e. The molecule has 30 heavy (non-hydrogen) atoms. The van der Waals surface area contributed by atoms with Crippen LogP contribution in [0.3, 0.4) is 0 Å². The topological polar surface area (TPSA) is 119 Å². The van der Waals surface area contributed by atoms with E-state index in [9.17, 15) is 14.4 Å². The van der Waals surface area contributed by atoms with Gasteiger partial charge in [0.15, 0.2) is 24.3 Å². The van der Waals surface area contributed by atoms with Crippen molar-refractivity contribution in [1.82, 2.24) is 5.06 Å². The van der Waals surface area contributed by atoms with Crippen molar-refractivity contribution in [3.8, 4) is 0 Å². The van der Waals surface area contributed by atoms with Crippen LogP contribution in [0, 0.1) is 5.92 Å². The minimum absolute atomic E-state index is 0.180. The van der Waals surface area contributed by atoms with E-state index < -0.39 is 54.2 Å². The number of hydrogen-bond donors (Lipinski definition) is 0. The minimum atomic E-state index is -0.982. The van der Waals surface area contributed by atoms with Crippen molar-refractivity contribution in [2.45, 2.75) is 83.3 Å². The Hall–Kier alpha value is -1.79. The Kier molecular flexibility index (Phi) is 5.52. The summed E-state index contributed by atoms with van der Waals surface area (Å²) < 4.78 is 34.2. The summed E-state index contributed by atoms with van der Waals surface area (Å²) in [5.74, 6) is -2.88. The molecule has 4 fully saturated rings. The summed E-state index contributed by atoms with van der Waals surface area (Å²) in [5.41, 5.74) is 0. The fourth-order valence-electron chi connectivity index (χ4n) is 4.80. The number of hydrogen-bond acceptors (Lipinski definition) is 11. The Morgan fingerprint density at radius 2 is 1.67 bits per heavy atom. The molecule has 4 aliphatic rings. The van der Waals surface area contributed by atoms with Crippen LogP contribution in [-0.2, 0) is 47.6 Å². The van der Waals surface area contributed by atoms with E-state index in [-0.39, 0.29) is 24.9 Å². The maximum Gasteiger partial charge on any atom is 0.303 e. The summed E-state index contributed by atoms with van der Waals surface area (Å²) in [6.07, 6.45) is -4.07. The molecule has 0 aromatic heterocycles. The van der Waals surface area contributed by atoms with Gasteiger partial charge in [-0.25, -0.2) is 0 Å². The highest BCUT2D eigenvalue weighted by atomic mass is 16.8. The molecule has 0 unspecified atom stereocenters. The first kappa shape index (κ1) is 21.4. The normalized spacial score (nSPS) is 41.5. The van der Waals surface area contributed by atoms with E-state index in [0.29, 0.717) is 6.54 Å². The van der Waals surface area contributed by atoms with Gasteiger partial charge in [-0.3, -0.25) is 19.2 Å². The molecule has 4 rings (SSSR count). The first-order valence-corrected chi connectivity index (χ1v) is 9.98. The minimum Gasteiger partial charge on any atom is -0.463 e. The van der Waals surface area contributed by atoms with E-state index in [4.69, 9.17) is 33.3 Å². The summed E-state index contributed by atoms with van der Waals surface area (Å²) in [7, 11) is 0. The number of ether oxygens (including phenoxy) is 6. The number of esters is 3. The molecule has 4 aliphatic heterocycles. The molecule has 0 spiro atoms. The van der Waals surface area contributed by atoms with Crippen molar-refractivity contribution < 1.29 is 47.6 Å². The molecule has 0 bridgehead atoms. The van der Waals surface area contributed by atoms with Gasteiger partial charge in [-0.05, 0) is 13.8 Å². The number of hydroxylamine groups is 2. The summed E-state index contributed by atoms with van der Waals surface area (Å²) in [6, 6.07) is -0.334. The second kappa shape index (κ2) is 7.72. The Bertz CT molecular complexity index is 726. The third-order valence-electron chi connectivity index (χ3n) is 5.63. The van der Waals surface area contributed by atoms with E-state index in [1.807, 2.05) is 13.8 Å². The van der Waals surface area contributed by atoms with Gasteiger partial charge < -0.3 is 28.4 Å². The summed E-state index contributed by atoms with van der Waals surface area (Å²) in [5, 5.41) is 1.72. The quantitative estimate of drug-likeness (QED) is 0.440. The molecule has 0 aromatic carbocycles. The smallest absolute Gasteiger partial charge is 0.303 e. The summed E-state index contributed by atoms with van der Waals surface area (Å²) >= 11 is 0. The molecule has 168 valence electrons. The third-order valence-corrected chi connectivity index (χ3v) is 5.63. The summed E-state index contributed by atoms with van der Waals surface area (Å²) in [6.45, 7) is 7.73. The second-order valence-electron chi connectivity index (χ2n) is 8.41. The lowest BCUT2D eigenvalue weighted by atomic mass is 9.83. The Balaban J connectivity index is 1.64. The van der Waals surface area contributed by atoms with Crippen molar-refractivity contribution in [2.24, 2.45) is 5.92 Å². The van der Waals surface area contributed by atoms with Crippen LogP contribution >= 0.6 is 0 Å². The van der Waals surface area contributed by atoms with Crippen LogP contribution < -0.4 is 0 Å².